The van der Waals surface area contributed by atoms with E-state index in [1.807, 2.05) is 24.3 Å². The number of hydrogen-bond donors (Lipinski definition) is 3. The van der Waals surface area contributed by atoms with E-state index in [4.69, 9.17) is 14.7 Å². The smallest absolute Gasteiger partial charge is 0.319 e. The van der Waals surface area contributed by atoms with Gasteiger partial charge in [-0.25, -0.2) is 4.57 Å². The lowest BCUT2D eigenvalue weighted by molar-refractivity contribution is -0.128. The number of aromatic nitrogens is 5. The molecule has 4 aliphatic rings. The predicted molar refractivity (Wildman–Crippen MR) is 263 cm³/mol. The SMILES string of the molecule is C=CC(=O)N1CCN(c2nc(OC[C@@H]3C[C@H](N4CCN(Cc5ccc(-n6c(O)nnc6-c6cc(C)c(O)cc6O)cc5)CC4)CN3C)nc3c2CCN(c2cccc4ccccc24)C3)C[C@@H]1CC#N. The van der Waals surface area contributed by atoms with Gasteiger partial charge in [0.15, 0.2) is 5.82 Å². The molecule has 1 amide bonds. The second-order valence-corrected chi connectivity index (χ2v) is 18.7. The number of benzene rings is 4. The number of carbonyl (C=O) groups excluding carboxylic acids is 1. The number of ether oxygens (including phenoxy) is 1. The van der Waals surface area contributed by atoms with Gasteiger partial charge in [-0.05, 0) is 73.7 Å². The maximum atomic E-state index is 12.8. The fraction of sp³-hybridized carbons (Fsp3) is 0.385. The van der Waals surface area contributed by atoms with Crippen LogP contribution in [0.25, 0.3) is 27.8 Å². The van der Waals surface area contributed by atoms with Crippen molar-refractivity contribution in [1.29, 1.82) is 5.26 Å². The number of carbonyl (C=O) groups is 1. The molecule has 4 aliphatic heterocycles. The minimum absolute atomic E-state index is 0.0282. The number of nitriles is 1. The van der Waals surface area contributed by atoms with Crippen LogP contribution in [0.3, 0.4) is 0 Å². The first kappa shape index (κ1) is 45.5. The lowest BCUT2D eigenvalue weighted by Crippen LogP contribution is -2.55. The molecule has 0 bridgehead atoms. The molecular formula is C52H58N12O5. The van der Waals surface area contributed by atoms with Gasteiger partial charge in [0.05, 0.1) is 42.0 Å². The Labute approximate surface area is 401 Å². The van der Waals surface area contributed by atoms with Crippen LogP contribution in [-0.2, 0) is 24.3 Å². The van der Waals surface area contributed by atoms with Crippen LogP contribution >= 0.6 is 0 Å². The molecule has 10 rings (SSSR count). The maximum absolute atomic E-state index is 12.8. The highest BCUT2D eigenvalue weighted by molar-refractivity contribution is 5.94. The molecule has 0 radical (unpaired) electrons. The lowest BCUT2D eigenvalue weighted by atomic mass is 10.0. The number of aryl methyl sites for hydroxylation is 1. The molecule has 356 valence electrons. The number of aromatic hydroxyl groups is 3. The summed E-state index contributed by atoms with van der Waals surface area (Å²) >= 11 is 0. The molecule has 0 spiro atoms. The van der Waals surface area contributed by atoms with Crippen molar-refractivity contribution in [2.24, 2.45) is 0 Å². The fourth-order valence-electron chi connectivity index (χ4n) is 10.7. The third kappa shape index (κ3) is 9.22. The topological polar surface area (TPSA) is 187 Å². The van der Waals surface area contributed by atoms with E-state index >= 15 is 0 Å². The van der Waals surface area contributed by atoms with Gasteiger partial charge < -0.3 is 34.8 Å². The fourth-order valence-corrected chi connectivity index (χ4v) is 10.7. The summed E-state index contributed by atoms with van der Waals surface area (Å²) in [6.45, 7) is 14.4. The Morgan fingerprint density at radius 3 is 2.48 bits per heavy atom. The summed E-state index contributed by atoms with van der Waals surface area (Å²) in [6, 6.07) is 28.3. The highest BCUT2D eigenvalue weighted by Gasteiger charge is 2.37. The first-order valence-electron chi connectivity index (χ1n) is 23.8. The molecule has 4 aromatic carbocycles. The molecule has 69 heavy (non-hydrogen) atoms. The molecule has 17 heteroatoms. The van der Waals surface area contributed by atoms with E-state index in [9.17, 15) is 25.4 Å². The van der Waals surface area contributed by atoms with Gasteiger partial charge in [0.2, 0.25) is 5.91 Å². The van der Waals surface area contributed by atoms with Gasteiger partial charge in [-0.15, -0.1) is 5.10 Å². The Bertz CT molecular complexity index is 2910. The zero-order chi connectivity index (χ0) is 47.8. The van der Waals surface area contributed by atoms with Crippen molar-refractivity contribution in [3.8, 4) is 46.7 Å². The third-order valence-electron chi connectivity index (χ3n) is 14.5. The molecule has 3 fully saturated rings. The number of phenols is 2. The number of amides is 1. The number of piperazine rings is 2. The zero-order valence-electron chi connectivity index (χ0n) is 39.2. The standard InChI is InChI=1S/C52H58N12O5/c1-4-48(67)63-25-24-62(31-38(63)16-18-53)49-42-17-19-61(45-11-7-9-36-8-5-6-10-41(36)45)32-44(42)54-51(55-49)69-33-40-27-39(30-58(40)3)60-22-20-59(21-23-60)29-35-12-14-37(15-13-35)64-50(56-57-52(64)68)43-26-34(2)46(65)28-47(43)66/h4-15,26,28,38-40,65-66H,1,16-17,19-25,27,29-33H2,2-3H3,(H,57,68)/t38-,39-,40-/m0/s1. The van der Waals surface area contributed by atoms with Crippen molar-refractivity contribution in [3.05, 3.63) is 114 Å². The van der Waals surface area contributed by atoms with E-state index in [0.717, 1.165) is 81.3 Å². The van der Waals surface area contributed by atoms with Crippen LogP contribution in [0.15, 0.2) is 91.5 Å². The normalized spacial score (nSPS) is 20.2. The summed E-state index contributed by atoms with van der Waals surface area (Å²) in [5.41, 5.74) is 5.92. The summed E-state index contributed by atoms with van der Waals surface area (Å²) < 4.78 is 8.09. The zero-order valence-corrected chi connectivity index (χ0v) is 39.2. The molecule has 17 nitrogen and oxygen atoms in total. The molecular weight excluding hydrogens is 873 g/mol. The lowest BCUT2D eigenvalue weighted by Gasteiger charge is -2.42. The predicted octanol–water partition coefficient (Wildman–Crippen LogP) is 5.25. The molecule has 3 saturated heterocycles. The van der Waals surface area contributed by atoms with Crippen molar-refractivity contribution in [1.82, 2.24) is 44.3 Å². The van der Waals surface area contributed by atoms with Gasteiger partial charge in [0.1, 0.15) is 23.9 Å². The number of fused-ring (bicyclic) bond motifs is 2. The summed E-state index contributed by atoms with van der Waals surface area (Å²) in [7, 11) is 2.17. The number of rotatable bonds is 12. The van der Waals surface area contributed by atoms with Crippen molar-refractivity contribution in [3.63, 3.8) is 0 Å². The van der Waals surface area contributed by atoms with Crippen LogP contribution in [0.2, 0.25) is 0 Å². The molecule has 0 saturated carbocycles. The average molecular weight is 931 g/mol. The summed E-state index contributed by atoms with van der Waals surface area (Å²) in [5.74, 6) is 0.754. The summed E-state index contributed by atoms with van der Waals surface area (Å²) in [6.07, 6.45) is 3.27. The van der Waals surface area contributed by atoms with E-state index in [0.29, 0.717) is 61.7 Å². The van der Waals surface area contributed by atoms with Gasteiger partial charge in [-0.1, -0.05) is 60.2 Å². The van der Waals surface area contributed by atoms with Crippen LogP contribution in [0.5, 0.6) is 23.5 Å². The Balaban J connectivity index is 0.789. The molecule has 3 atom stereocenters. The van der Waals surface area contributed by atoms with Gasteiger partial charge in [-0.3, -0.25) is 19.5 Å². The van der Waals surface area contributed by atoms with Gasteiger partial charge in [0, 0.05) is 100 Å². The van der Waals surface area contributed by atoms with E-state index < -0.39 is 0 Å². The molecule has 0 unspecified atom stereocenters. The number of nitrogens with zero attached hydrogens (tertiary/aromatic N) is 12. The van der Waals surface area contributed by atoms with E-state index in [1.54, 1.807) is 17.9 Å². The molecule has 6 aromatic rings. The minimum Gasteiger partial charge on any atom is -0.508 e. The Morgan fingerprint density at radius 2 is 1.68 bits per heavy atom. The van der Waals surface area contributed by atoms with E-state index in [-0.39, 0.29) is 47.7 Å². The van der Waals surface area contributed by atoms with Crippen molar-refractivity contribution < 1.29 is 24.9 Å². The third-order valence-corrected chi connectivity index (χ3v) is 14.5. The molecule has 2 aromatic heterocycles. The second kappa shape index (κ2) is 19.4. The second-order valence-electron chi connectivity index (χ2n) is 18.7. The van der Waals surface area contributed by atoms with Crippen LogP contribution in [0, 0.1) is 18.3 Å². The van der Waals surface area contributed by atoms with Crippen molar-refractivity contribution >= 4 is 28.2 Å². The highest BCUT2D eigenvalue weighted by Crippen LogP contribution is 2.38. The number of hydrogen-bond acceptors (Lipinski definition) is 15. The summed E-state index contributed by atoms with van der Waals surface area (Å²) in [4.78, 5) is 36.9. The van der Waals surface area contributed by atoms with Crippen LogP contribution in [0.4, 0.5) is 11.5 Å². The highest BCUT2D eigenvalue weighted by atomic mass is 16.5. The van der Waals surface area contributed by atoms with Gasteiger partial charge in [-0.2, -0.15) is 15.2 Å². The number of anilines is 2. The van der Waals surface area contributed by atoms with Crippen molar-refractivity contribution in [2.75, 3.05) is 82.4 Å². The first-order chi connectivity index (χ1) is 33.5. The van der Waals surface area contributed by atoms with Gasteiger partial charge in [0.25, 0.3) is 0 Å². The quantitative estimate of drug-likeness (QED) is 0.135. The largest absolute Gasteiger partial charge is 0.508 e. The Morgan fingerprint density at radius 1 is 0.884 bits per heavy atom. The van der Waals surface area contributed by atoms with E-state index in [2.05, 4.69) is 96.9 Å². The molecule has 0 aliphatic carbocycles. The van der Waals surface area contributed by atoms with Crippen molar-refractivity contribution in [2.45, 2.75) is 57.4 Å². The van der Waals surface area contributed by atoms with Crippen LogP contribution in [-0.4, -0.2) is 156 Å². The maximum Gasteiger partial charge on any atom is 0.319 e. The van der Waals surface area contributed by atoms with Crippen LogP contribution < -0.4 is 14.5 Å². The average Bonchev–Trinajstić information content (AvgIpc) is 3.95. The Kier molecular flexibility index (Phi) is 12.8. The number of likely N-dealkylation sites (tertiary alicyclic amines) is 1. The summed E-state index contributed by atoms with van der Waals surface area (Å²) in [5, 5.41) is 51.4. The van der Waals surface area contributed by atoms with Crippen LogP contribution in [0.1, 0.15) is 35.2 Å². The monoisotopic (exact) mass is 930 g/mol. The number of phenolic OH excluding ortho intramolecular Hbond substituents is 2. The molecule has 3 N–H and O–H groups in total. The van der Waals surface area contributed by atoms with E-state index in [1.165, 1.54) is 33.2 Å². The molecule has 6 heterocycles. The van der Waals surface area contributed by atoms with Gasteiger partial charge >= 0.3 is 12.0 Å². The first-order valence-corrected chi connectivity index (χ1v) is 23.8. The minimum atomic E-state index is -0.299. The Hall–Kier alpha value is -7.26. The number of likely N-dealkylation sites (N-methyl/N-ethyl adjacent to an activating group) is 1.